The van der Waals surface area contributed by atoms with Crippen molar-refractivity contribution in [2.75, 3.05) is 33.3 Å². The van der Waals surface area contributed by atoms with Crippen molar-refractivity contribution < 1.29 is 4.74 Å². The van der Waals surface area contributed by atoms with Gasteiger partial charge >= 0.3 is 0 Å². The molecule has 4 nitrogen and oxygen atoms in total. The molecule has 0 aliphatic carbocycles. The van der Waals surface area contributed by atoms with E-state index in [0.29, 0.717) is 17.2 Å². The van der Waals surface area contributed by atoms with E-state index in [4.69, 9.17) is 16.3 Å². The van der Waals surface area contributed by atoms with Crippen LogP contribution in [0.2, 0.25) is 0 Å². The van der Waals surface area contributed by atoms with Gasteiger partial charge in [-0.2, -0.15) is 0 Å². The summed E-state index contributed by atoms with van der Waals surface area (Å²) >= 11 is 8.02. The lowest BCUT2D eigenvalue weighted by Gasteiger charge is -2.37. The van der Waals surface area contributed by atoms with Gasteiger partial charge in [-0.3, -0.25) is 4.90 Å². The number of nitrogens with zero attached hydrogens (tertiary/aromatic N) is 2. The van der Waals surface area contributed by atoms with Crippen LogP contribution in [0.1, 0.15) is 26.7 Å². The average molecular weight is 320 g/mol. The number of hydrogen-bond donors (Lipinski definition) is 1. The molecule has 2 heterocycles. The molecule has 0 radical (unpaired) electrons. The second-order valence-electron chi connectivity index (χ2n) is 5.96. The highest BCUT2D eigenvalue weighted by Crippen LogP contribution is 2.31. The van der Waals surface area contributed by atoms with Gasteiger partial charge < -0.3 is 10.1 Å². The summed E-state index contributed by atoms with van der Waals surface area (Å²) in [7, 11) is 1.66. The summed E-state index contributed by atoms with van der Waals surface area (Å²) in [6, 6.07) is 0.676. The SMILES string of the molecule is COC1=NC(Cl)C(CN(CC(C)C)C2CCNCC2)S1. The predicted molar refractivity (Wildman–Crippen MR) is 87.8 cm³/mol. The van der Waals surface area contributed by atoms with E-state index in [1.165, 1.54) is 12.8 Å². The Morgan fingerprint density at radius 2 is 2.15 bits per heavy atom. The van der Waals surface area contributed by atoms with Crippen LogP contribution in [0, 0.1) is 5.92 Å². The topological polar surface area (TPSA) is 36.9 Å². The molecule has 2 aliphatic heterocycles. The first-order valence-electron chi connectivity index (χ1n) is 7.47. The van der Waals surface area contributed by atoms with E-state index in [1.54, 1.807) is 18.9 Å². The minimum Gasteiger partial charge on any atom is -0.476 e. The first-order valence-corrected chi connectivity index (χ1v) is 8.79. The van der Waals surface area contributed by atoms with E-state index >= 15 is 0 Å². The highest BCUT2D eigenvalue weighted by molar-refractivity contribution is 8.14. The van der Waals surface area contributed by atoms with Crippen LogP contribution in [0.15, 0.2) is 4.99 Å². The average Bonchev–Trinajstić information content (AvgIpc) is 2.79. The summed E-state index contributed by atoms with van der Waals surface area (Å²) in [6.45, 7) is 8.95. The smallest absolute Gasteiger partial charge is 0.247 e. The van der Waals surface area contributed by atoms with Gasteiger partial charge in [-0.1, -0.05) is 37.2 Å². The second kappa shape index (κ2) is 7.87. The van der Waals surface area contributed by atoms with Gasteiger partial charge in [-0.05, 0) is 31.8 Å². The molecule has 0 bridgehead atoms. The molecule has 2 aliphatic rings. The van der Waals surface area contributed by atoms with E-state index in [9.17, 15) is 0 Å². The summed E-state index contributed by atoms with van der Waals surface area (Å²) < 4.78 is 5.22. The molecule has 1 saturated heterocycles. The zero-order valence-corrected chi connectivity index (χ0v) is 14.2. The zero-order valence-electron chi connectivity index (χ0n) is 12.6. The monoisotopic (exact) mass is 319 g/mol. The first kappa shape index (κ1) is 16.4. The fourth-order valence-corrected chi connectivity index (χ4v) is 4.22. The Morgan fingerprint density at radius 1 is 1.45 bits per heavy atom. The third-order valence-corrected chi connectivity index (χ3v) is 5.54. The molecular weight excluding hydrogens is 294 g/mol. The summed E-state index contributed by atoms with van der Waals surface area (Å²) in [5.74, 6) is 0.674. The Bertz CT molecular complexity index is 334. The summed E-state index contributed by atoms with van der Waals surface area (Å²) in [5.41, 5.74) is -0.161. The van der Waals surface area contributed by atoms with Gasteiger partial charge in [-0.15, -0.1) is 0 Å². The van der Waals surface area contributed by atoms with E-state index < -0.39 is 0 Å². The predicted octanol–water partition coefficient (Wildman–Crippen LogP) is 2.38. The largest absolute Gasteiger partial charge is 0.476 e. The molecule has 0 amide bonds. The van der Waals surface area contributed by atoms with Crippen molar-refractivity contribution in [2.24, 2.45) is 10.9 Å². The van der Waals surface area contributed by atoms with Crippen LogP contribution in [0.3, 0.4) is 0 Å². The summed E-state index contributed by atoms with van der Waals surface area (Å²) in [4.78, 5) is 6.97. The number of ether oxygens (including phenoxy) is 1. The number of halogens is 1. The molecule has 0 saturated carbocycles. The minimum atomic E-state index is -0.161. The third-order valence-electron chi connectivity index (χ3n) is 3.80. The molecule has 2 rings (SSSR count). The summed E-state index contributed by atoms with van der Waals surface area (Å²) in [5, 5.41) is 4.47. The van der Waals surface area contributed by atoms with Crippen molar-refractivity contribution in [1.82, 2.24) is 10.2 Å². The standard InChI is InChI=1S/C14H26ClN3OS/c1-10(2)8-18(11-4-6-16-7-5-11)9-12-13(15)17-14(19-3)20-12/h10-13,16H,4-9H2,1-3H3. The molecule has 1 fully saturated rings. The molecule has 2 unspecified atom stereocenters. The number of alkyl halides is 1. The van der Waals surface area contributed by atoms with Gasteiger partial charge in [-0.25, -0.2) is 4.99 Å². The Labute approximate surface area is 131 Å². The molecular formula is C14H26ClN3OS. The number of hydrogen-bond acceptors (Lipinski definition) is 5. The maximum absolute atomic E-state index is 6.34. The Kier molecular flexibility index (Phi) is 6.46. The van der Waals surface area contributed by atoms with Crippen LogP contribution >= 0.6 is 23.4 Å². The van der Waals surface area contributed by atoms with Crippen molar-refractivity contribution in [1.29, 1.82) is 0 Å². The van der Waals surface area contributed by atoms with E-state index in [-0.39, 0.29) is 5.50 Å². The maximum atomic E-state index is 6.34. The number of rotatable bonds is 5. The van der Waals surface area contributed by atoms with Crippen molar-refractivity contribution in [3.05, 3.63) is 0 Å². The first-order chi connectivity index (χ1) is 9.60. The molecule has 0 aromatic carbocycles. The van der Waals surface area contributed by atoms with Gasteiger partial charge in [0.25, 0.3) is 0 Å². The fraction of sp³-hybridized carbons (Fsp3) is 0.929. The number of thioether (sulfide) groups is 1. The Morgan fingerprint density at radius 3 is 2.70 bits per heavy atom. The van der Waals surface area contributed by atoms with Crippen LogP contribution < -0.4 is 5.32 Å². The van der Waals surface area contributed by atoms with Gasteiger partial charge in [0.15, 0.2) is 0 Å². The molecule has 0 spiro atoms. The second-order valence-corrected chi connectivity index (χ2v) is 7.59. The van der Waals surface area contributed by atoms with Crippen LogP contribution in [-0.4, -0.2) is 60.2 Å². The van der Waals surface area contributed by atoms with Gasteiger partial charge in [0.05, 0.1) is 12.4 Å². The summed E-state index contributed by atoms with van der Waals surface area (Å²) in [6.07, 6.45) is 2.46. The van der Waals surface area contributed by atoms with E-state index in [0.717, 1.165) is 31.4 Å². The van der Waals surface area contributed by atoms with Gasteiger partial charge in [0, 0.05) is 19.1 Å². The lowest BCUT2D eigenvalue weighted by molar-refractivity contribution is 0.146. The molecule has 0 aromatic rings. The zero-order chi connectivity index (χ0) is 14.5. The fourth-order valence-electron chi connectivity index (χ4n) is 2.87. The number of aliphatic imine (C=N–C) groups is 1. The van der Waals surface area contributed by atoms with Gasteiger partial charge in [0.1, 0.15) is 5.50 Å². The normalized spacial score (nSPS) is 28.2. The van der Waals surface area contributed by atoms with Crippen LogP contribution in [0.25, 0.3) is 0 Å². The molecule has 6 heteroatoms. The van der Waals surface area contributed by atoms with Gasteiger partial charge in [0.2, 0.25) is 5.23 Å². The number of nitrogens with one attached hydrogen (secondary N) is 1. The van der Waals surface area contributed by atoms with Crippen molar-refractivity contribution in [2.45, 2.75) is 43.5 Å². The van der Waals surface area contributed by atoms with Crippen molar-refractivity contribution in [3.63, 3.8) is 0 Å². The Hall–Kier alpha value is 0.0300. The highest BCUT2D eigenvalue weighted by atomic mass is 35.5. The van der Waals surface area contributed by atoms with Crippen LogP contribution in [0.4, 0.5) is 0 Å². The van der Waals surface area contributed by atoms with E-state index in [1.807, 2.05) is 0 Å². The van der Waals surface area contributed by atoms with Crippen LogP contribution in [-0.2, 0) is 4.74 Å². The minimum absolute atomic E-state index is 0.161. The Balaban J connectivity index is 1.93. The van der Waals surface area contributed by atoms with Crippen molar-refractivity contribution in [3.8, 4) is 0 Å². The quantitative estimate of drug-likeness (QED) is 0.623. The molecule has 20 heavy (non-hydrogen) atoms. The number of piperidine rings is 1. The maximum Gasteiger partial charge on any atom is 0.247 e. The lowest BCUT2D eigenvalue weighted by atomic mass is 10.0. The van der Waals surface area contributed by atoms with Crippen molar-refractivity contribution >= 4 is 28.6 Å². The lowest BCUT2D eigenvalue weighted by Crippen LogP contribution is -2.47. The molecule has 0 aromatic heterocycles. The molecule has 1 N–H and O–H groups in total. The third kappa shape index (κ3) is 4.52. The highest BCUT2D eigenvalue weighted by Gasteiger charge is 2.33. The molecule has 116 valence electrons. The number of methoxy groups -OCH3 is 1. The molecule has 2 atom stereocenters. The van der Waals surface area contributed by atoms with Crippen LogP contribution in [0.5, 0.6) is 0 Å². The van der Waals surface area contributed by atoms with E-state index in [2.05, 4.69) is 29.1 Å².